The molecule has 0 saturated heterocycles. The molecule has 4 heterocycles. The summed E-state index contributed by atoms with van der Waals surface area (Å²) in [5, 5.41) is 14.9. The molecular weight excluding hydrogens is 457 g/mol. The maximum atomic E-state index is 10.6. The Morgan fingerprint density at radius 2 is 2.00 bits per heavy atom. The van der Waals surface area contributed by atoms with Crippen LogP contribution in [0.4, 0.5) is 13.2 Å². The Morgan fingerprint density at radius 1 is 1.24 bits per heavy atom. The minimum absolute atomic E-state index is 0.279. The first-order valence-corrected chi connectivity index (χ1v) is 10.2. The largest absolute Gasteiger partial charge is 0.490 e. The summed E-state index contributed by atoms with van der Waals surface area (Å²) in [5.41, 5.74) is 5.67. The number of methoxy groups -OCH3 is 1. The summed E-state index contributed by atoms with van der Waals surface area (Å²) in [5.74, 6) is -0.551. The van der Waals surface area contributed by atoms with Crippen LogP contribution in [0.15, 0.2) is 36.5 Å². The van der Waals surface area contributed by atoms with Crippen LogP contribution in [0, 0.1) is 0 Å². The maximum absolute atomic E-state index is 10.6. The van der Waals surface area contributed by atoms with Gasteiger partial charge in [0.15, 0.2) is 11.5 Å². The quantitative estimate of drug-likeness (QED) is 0.587. The minimum atomic E-state index is -5.08. The molecule has 0 atom stereocenters. The van der Waals surface area contributed by atoms with Crippen LogP contribution < -0.4 is 14.2 Å². The van der Waals surface area contributed by atoms with E-state index >= 15 is 0 Å². The van der Waals surface area contributed by atoms with Crippen molar-refractivity contribution in [3.8, 4) is 28.6 Å². The van der Waals surface area contributed by atoms with Crippen LogP contribution in [-0.2, 0) is 24.3 Å². The number of hydrogen-bond acceptors (Lipinski definition) is 7. The summed E-state index contributed by atoms with van der Waals surface area (Å²) in [7, 11) is 1.63. The standard InChI is InChI=1S/C20H20N4O3.C2HF3O2/c1-25-19-5-2-13(9-21-19)10-24-7-6-16-15(11-24)20(23-22-16)14-3-4-17-18(8-14)27-12-26-17;3-2(4,5)1(6)7/h2-5,8-9H,6-7,10-12H2,1H3,(H,22,23);(H,6,7). The first-order chi connectivity index (χ1) is 16.2. The van der Waals surface area contributed by atoms with E-state index in [1.807, 2.05) is 30.5 Å². The molecule has 2 N–H and O–H groups in total. The van der Waals surface area contributed by atoms with Crippen molar-refractivity contribution in [1.29, 1.82) is 0 Å². The molecule has 2 aliphatic heterocycles. The van der Waals surface area contributed by atoms with Gasteiger partial charge in [0, 0.05) is 55.1 Å². The number of H-pyrrole nitrogens is 1. The van der Waals surface area contributed by atoms with Crippen molar-refractivity contribution in [2.45, 2.75) is 25.7 Å². The van der Waals surface area contributed by atoms with E-state index in [4.69, 9.17) is 24.1 Å². The Balaban J connectivity index is 0.000000344. The Morgan fingerprint density at radius 3 is 2.68 bits per heavy atom. The fraction of sp³-hybridized carbons (Fsp3) is 0.318. The number of carboxylic acid groups (broad SMARTS) is 1. The lowest BCUT2D eigenvalue weighted by Crippen LogP contribution is -2.30. The minimum Gasteiger partial charge on any atom is -0.481 e. The Kier molecular flexibility index (Phi) is 6.59. The number of pyridine rings is 1. The first kappa shape index (κ1) is 23.4. The number of fused-ring (bicyclic) bond motifs is 2. The molecule has 2 aromatic heterocycles. The normalized spacial score (nSPS) is 14.7. The van der Waals surface area contributed by atoms with Crippen LogP contribution in [-0.4, -0.2) is 57.8 Å². The molecule has 0 fully saturated rings. The molecule has 0 bridgehead atoms. The highest BCUT2D eigenvalue weighted by molar-refractivity contribution is 5.73. The van der Waals surface area contributed by atoms with Gasteiger partial charge >= 0.3 is 12.1 Å². The summed E-state index contributed by atoms with van der Waals surface area (Å²) in [6.45, 7) is 2.97. The van der Waals surface area contributed by atoms with Crippen molar-refractivity contribution in [2.24, 2.45) is 0 Å². The number of hydrogen-bond donors (Lipinski definition) is 2. The lowest BCUT2D eigenvalue weighted by Gasteiger charge is -2.27. The van der Waals surface area contributed by atoms with E-state index in [9.17, 15) is 13.2 Å². The summed E-state index contributed by atoms with van der Waals surface area (Å²) >= 11 is 0. The van der Waals surface area contributed by atoms with Gasteiger partial charge in [-0.2, -0.15) is 18.3 Å². The number of carboxylic acids is 1. The van der Waals surface area contributed by atoms with Gasteiger partial charge in [-0.15, -0.1) is 0 Å². The first-order valence-electron chi connectivity index (χ1n) is 10.2. The van der Waals surface area contributed by atoms with E-state index in [0.29, 0.717) is 5.88 Å². The zero-order chi connectivity index (χ0) is 24.3. The topological polar surface area (TPSA) is 110 Å². The van der Waals surface area contributed by atoms with Crippen molar-refractivity contribution in [2.75, 3.05) is 20.4 Å². The molecular formula is C22H21F3N4O5. The monoisotopic (exact) mass is 478 g/mol. The number of aromatic nitrogens is 3. The van der Waals surface area contributed by atoms with Crippen LogP contribution >= 0.6 is 0 Å². The number of benzene rings is 1. The summed E-state index contributed by atoms with van der Waals surface area (Å²) < 4.78 is 47.8. The number of nitrogens with zero attached hydrogens (tertiary/aromatic N) is 3. The molecule has 9 nitrogen and oxygen atoms in total. The molecule has 0 unspecified atom stereocenters. The summed E-state index contributed by atoms with van der Waals surface area (Å²) in [6, 6.07) is 9.96. The third kappa shape index (κ3) is 5.22. The molecule has 34 heavy (non-hydrogen) atoms. The average Bonchev–Trinajstić information content (AvgIpc) is 3.45. The van der Waals surface area contributed by atoms with Crippen molar-refractivity contribution < 1.29 is 37.3 Å². The van der Waals surface area contributed by atoms with Gasteiger partial charge in [-0.1, -0.05) is 6.07 Å². The molecule has 1 aromatic carbocycles. The summed E-state index contributed by atoms with van der Waals surface area (Å²) in [6.07, 6.45) is -2.25. The Bertz CT molecular complexity index is 1160. The number of nitrogens with one attached hydrogen (secondary N) is 1. The predicted octanol–water partition coefficient (Wildman–Crippen LogP) is 3.40. The van der Waals surface area contributed by atoms with Crippen molar-refractivity contribution in [3.05, 3.63) is 53.3 Å². The number of aromatic amines is 1. The van der Waals surface area contributed by atoms with Crippen LogP contribution in [0.2, 0.25) is 0 Å². The highest BCUT2D eigenvalue weighted by atomic mass is 19.4. The predicted molar refractivity (Wildman–Crippen MR) is 112 cm³/mol. The second-order valence-corrected chi connectivity index (χ2v) is 7.57. The average molecular weight is 478 g/mol. The molecule has 5 rings (SSSR count). The van der Waals surface area contributed by atoms with E-state index in [0.717, 1.165) is 48.8 Å². The van der Waals surface area contributed by atoms with Crippen molar-refractivity contribution >= 4 is 5.97 Å². The zero-order valence-corrected chi connectivity index (χ0v) is 18.1. The van der Waals surface area contributed by atoms with Gasteiger partial charge in [0.1, 0.15) is 0 Å². The molecule has 12 heteroatoms. The van der Waals surface area contributed by atoms with Crippen LogP contribution in [0.1, 0.15) is 16.8 Å². The Labute approximate surface area is 192 Å². The lowest BCUT2D eigenvalue weighted by atomic mass is 10.0. The van der Waals surface area contributed by atoms with E-state index in [1.165, 1.54) is 16.8 Å². The SMILES string of the molecule is COc1ccc(CN2CCc3[nH]nc(-c4ccc5c(c4)OCO5)c3C2)cn1.O=C(O)C(F)(F)F. The van der Waals surface area contributed by atoms with E-state index in [1.54, 1.807) is 7.11 Å². The van der Waals surface area contributed by atoms with Gasteiger partial charge in [-0.25, -0.2) is 9.78 Å². The molecule has 0 spiro atoms. The molecule has 0 radical (unpaired) electrons. The highest BCUT2D eigenvalue weighted by Crippen LogP contribution is 2.37. The molecule has 0 aliphatic carbocycles. The van der Waals surface area contributed by atoms with Crippen LogP contribution in [0.5, 0.6) is 17.4 Å². The van der Waals surface area contributed by atoms with E-state index in [2.05, 4.69) is 26.1 Å². The Hall–Kier alpha value is -3.80. The smallest absolute Gasteiger partial charge is 0.481 e. The van der Waals surface area contributed by atoms with E-state index < -0.39 is 12.1 Å². The molecule has 180 valence electrons. The van der Waals surface area contributed by atoms with Crippen LogP contribution in [0.25, 0.3) is 11.3 Å². The fourth-order valence-corrected chi connectivity index (χ4v) is 3.65. The van der Waals surface area contributed by atoms with Gasteiger partial charge in [-0.3, -0.25) is 10.00 Å². The molecule has 0 saturated carbocycles. The maximum Gasteiger partial charge on any atom is 0.490 e. The van der Waals surface area contributed by atoms with Crippen molar-refractivity contribution in [3.63, 3.8) is 0 Å². The van der Waals surface area contributed by atoms with Gasteiger partial charge < -0.3 is 19.3 Å². The fourth-order valence-electron chi connectivity index (χ4n) is 3.65. The zero-order valence-electron chi connectivity index (χ0n) is 18.1. The molecule has 2 aliphatic rings. The molecule has 3 aromatic rings. The second-order valence-electron chi connectivity index (χ2n) is 7.57. The van der Waals surface area contributed by atoms with Gasteiger partial charge in [-0.05, 0) is 23.8 Å². The summed E-state index contributed by atoms with van der Waals surface area (Å²) in [4.78, 5) is 15.6. The number of ether oxygens (including phenoxy) is 3. The number of aliphatic carboxylic acids is 1. The second kappa shape index (κ2) is 9.59. The third-order valence-corrected chi connectivity index (χ3v) is 5.31. The van der Waals surface area contributed by atoms with Crippen LogP contribution in [0.3, 0.4) is 0 Å². The highest BCUT2D eigenvalue weighted by Gasteiger charge is 2.38. The van der Waals surface area contributed by atoms with Gasteiger partial charge in [0.2, 0.25) is 12.7 Å². The third-order valence-electron chi connectivity index (χ3n) is 5.31. The van der Waals surface area contributed by atoms with Crippen molar-refractivity contribution in [1.82, 2.24) is 20.1 Å². The van der Waals surface area contributed by atoms with Gasteiger partial charge in [0.25, 0.3) is 0 Å². The number of alkyl halides is 3. The number of rotatable bonds is 4. The van der Waals surface area contributed by atoms with E-state index in [-0.39, 0.29) is 6.79 Å². The molecule has 0 amide bonds. The number of halogens is 3. The number of carbonyl (C=O) groups is 1. The van der Waals surface area contributed by atoms with Gasteiger partial charge in [0.05, 0.1) is 12.8 Å². The lowest BCUT2D eigenvalue weighted by molar-refractivity contribution is -0.192.